The van der Waals surface area contributed by atoms with E-state index in [-0.39, 0.29) is 17.1 Å². The van der Waals surface area contributed by atoms with Crippen molar-refractivity contribution in [3.63, 3.8) is 0 Å². The lowest BCUT2D eigenvalue weighted by atomic mass is 9.86. The Labute approximate surface area is 198 Å². The van der Waals surface area contributed by atoms with Crippen molar-refractivity contribution in [1.29, 1.82) is 0 Å². The van der Waals surface area contributed by atoms with Crippen molar-refractivity contribution in [1.82, 2.24) is 10.2 Å². The summed E-state index contributed by atoms with van der Waals surface area (Å²) >= 11 is 0. The van der Waals surface area contributed by atoms with Crippen LogP contribution < -0.4 is 5.73 Å². The van der Waals surface area contributed by atoms with Gasteiger partial charge in [-0.2, -0.15) is 5.10 Å². The van der Waals surface area contributed by atoms with Gasteiger partial charge in [0.15, 0.2) is 0 Å². The summed E-state index contributed by atoms with van der Waals surface area (Å²) in [6, 6.07) is 20.0. The van der Waals surface area contributed by atoms with Gasteiger partial charge in [-0.25, -0.2) is 4.79 Å². The smallest absolute Gasteiger partial charge is 0.347 e. The zero-order valence-electron chi connectivity index (χ0n) is 19.1. The number of amides is 1. The summed E-state index contributed by atoms with van der Waals surface area (Å²) in [5.74, 6) is -1.27. The number of benzene rings is 2. The summed E-state index contributed by atoms with van der Waals surface area (Å²) in [7, 11) is 1.93. The lowest BCUT2D eigenvalue weighted by Gasteiger charge is -2.40. The fraction of sp³-hybridized carbons (Fsp3) is 0.308. The number of likely N-dealkylation sites (tertiary alicyclic amines) is 1. The third kappa shape index (κ3) is 4.30. The predicted octanol–water partition coefficient (Wildman–Crippen LogP) is 2.09. The van der Waals surface area contributed by atoms with Gasteiger partial charge in [0.2, 0.25) is 11.6 Å². The Bertz CT molecular complexity index is 1090. The van der Waals surface area contributed by atoms with Gasteiger partial charge >= 0.3 is 5.97 Å². The van der Waals surface area contributed by atoms with E-state index in [9.17, 15) is 14.7 Å². The van der Waals surface area contributed by atoms with Gasteiger partial charge in [-0.1, -0.05) is 60.7 Å². The summed E-state index contributed by atoms with van der Waals surface area (Å²) in [4.78, 5) is 25.9. The molecule has 0 bridgehead atoms. The Balaban J connectivity index is 1.60. The molecule has 176 valence electrons. The number of esters is 1. The van der Waals surface area contributed by atoms with Gasteiger partial charge in [0.25, 0.3) is 5.91 Å². The van der Waals surface area contributed by atoms with E-state index in [1.54, 1.807) is 66.9 Å². The Morgan fingerprint density at radius 3 is 2.24 bits per heavy atom. The maximum atomic E-state index is 13.4. The third-order valence-corrected chi connectivity index (χ3v) is 6.83. The SMILES string of the molecule is C[N+]1(C(C(N)=O)c2cccnn2)CCC[C@@H]1COC(=O)C(O)(c1ccccc1)c1ccccc1. The van der Waals surface area contributed by atoms with Gasteiger partial charge in [0, 0.05) is 19.0 Å². The van der Waals surface area contributed by atoms with Crippen LogP contribution in [0, 0.1) is 0 Å². The number of nitrogens with zero attached hydrogens (tertiary/aromatic N) is 3. The molecule has 3 N–H and O–H groups in total. The molecule has 0 spiro atoms. The highest BCUT2D eigenvalue weighted by atomic mass is 16.6. The number of nitrogens with two attached hydrogens (primary N) is 1. The highest BCUT2D eigenvalue weighted by Crippen LogP contribution is 2.37. The second kappa shape index (κ2) is 9.70. The van der Waals surface area contributed by atoms with E-state index in [4.69, 9.17) is 10.5 Å². The van der Waals surface area contributed by atoms with Gasteiger partial charge in [-0.05, 0) is 23.3 Å². The molecule has 2 unspecified atom stereocenters. The fourth-order valence-corrected chi connectivity index (χ4v) is 4.97. The van der Waals surface area contributed by atoms with Crippen LogP contribution >= 0.6 is 0 Å². The van der Waals surface area contributed by atoms with Crippen molar-refractivity contribution in [3.05, 3.63) is 95.8 Å². The van der Waals surface area contributed by atoms with E-state index in [0.29, 0.717) is 23.4 Å². The molecule has 1 amide bonds. The average molecular weight is 462 g/mol. The highest BCUT2D eigenvalue weighted by Gasteiger charge is 2.50. The number of carbonyl (C=O) groups is 2. The van der Waals surface area contributed by atoms with Crippen LogP contribution in [0.1, 0.15) is 35.7 Å². The first kappa shape index (κ1) is 23.5. The van der Waals surface area contributed by atoms with E-state index < -0.39 is 23.5 Å². The molecule has 1 aliphatic rings. The average Bonchev–Trinajstić information content (AvgIpc) is 3.24. The molecule has 2 aromatic carbocycles. The molecule has 1 fully saturated rings. The van der Waals surface area contributed by atoms with Crippen molar-refractivity contribution in [2.24, 2.45) is 5.73 Å². The molecule has 3 atom stereocenters. The molecule has 8 heteroatoms. The summed E-state index contributed by atoms with van der Waals surface area (Å²) < 4.78 is 6.03. The van der Waals surface area contributed by atoms with Crippen molar-refractivity contribution in [2.45, 2.75) is 30.5 Å². The number of primary amides is 1. The molecule has 1 aliphatic heterocycles. The minimum absolute atomic E-state index is 0.0291. The minimum Gasteiger partial charge on any atom is -0.457 e. The highest BCUT2D eigenvalue weighted by molar-refractivity contribution is 5.85. The molecule has 0 saturated carbocycles. The zero-order valence-corrected chi connectivity index (χ0v) is 19.1. The number of hydrogen-bond donors (Lipinski definition) is 2. The molecular formula is C26H29N4O4+. The summed E-state index contributed by atoms with van der Waals surface area (Å²) in [6.45, 7) is 0.704. The third-order valence-electron chi connectivity index (χ3n) is 6.83. The van der Waals surface area contributed by atoms with Crippen molar-refractivity contribution in [3.8, 4) is 0 Å². The minimum atomic E-state index is -1.96. The van der Waals surface area contributed by atoms with Crippen LogP contribution in [0.5, 0.6) is 0 Å². The Kier molecular flexibility index (Phi) is 6.72. The van der Waals surface area contributed by atoms with E-state index >= 15 is 0 Å². The molecule has 1 saturated heterocycles. The first-order chi connectivity index (χ1) is 16.4. The van der Waals surface area contributed by atoms with Gasteiger partial charge in [0.1, 0.15) is 18.3 Å². The standard InChI is InChI=1S/C26H28N4O4/c1-30(23(24(27)31)22-15-8-16-28-29-22)17-9-14-21(30)18-34-25(32)26(33,19-10-4-2-5-11-19)20-12-6-3-7-13-20/h2-8,10-13,15-16,21,23,33H,9,14,17-18H2,1H3,(H-,27,31)/p+1/t21-,23?,30?/m1/s1. The summed E-state index contributed by atoms with van der Waals surface area (Å²) in [5.41, 5.74) is 5.17. The van der Waals surface area contributed by atoms with E-state index in [1.165, 1.54) is 0 Å². The lowest BCUT2D eigenvalue weighted by Crippen LogP contribution is -2.57. The molecule has 0 aliphatic carbocycles. The molecular weight excluding hydrogens is 432 g/mol. The van der Waals surface area contributed by atoms with Crippen LogP contribution in [-0.2, 0) is 19.9 Å². The van der Waals surface area contributed by atoms with E-state index in [0.717, 1.165) is 12.8 Å². The number of aliphatic hydroxyl groups is 1. The second-order valence-corrected chi connectivity index (χ2v) is 8.86. The Morgan fingerprint density at radius 2 is 1.71 bits per heavy atom. The largest absolute Gasteiger partial charge is 0.457 e. The lowest BCUT2D eigenvalue weighted by molar-refractivity contribution is -0.941. The quantitative estimate of drug-likeness (QED) is 0.392. The van der Waals surface area contributed by atoms with Gasteiger partial charge in [-0.3, -0.25) is 4.79 Å². The van der Waals surface area contributed by atoms with Crippen molar-refractivity contribution < 1.29 is 23.9 Å². The normalized spacial score (nSPS) is 21.1. The number of aromatic nitrogens is 2. The van der Waals surface area contributed by atoms with Crippen molar-refractivity contribution >= 4 is 11.9 Å². The molecule has 4 rings (SSSR count). The zero-order chi connectivity index (χ0) is 24.2. The first-order valence-corrected chi connectivity index (χ1v) is 11.3. The summed E-state index contributed by atoms with van der Waals surface area (Å²) in [5, 5.41) is 19.7. The van der Waals surface area contributed by atoms with Crippen LogP contribution in [0.4, 0.5) is 0 Å². The van der Waals surface area contributed by atoms with Crippen LogP contribution in [0.25, 0.3) is 0 Å². The predicted molar refractivity (Wildman–Crippen MR) is 125 cm³/mol. The molecule has 3 aromatic rings. The Hall–Kier alpha value is -3.62. The van der Waals surface area contributed by atoms with E-state index in [2.05, 4.69) is 10.2 Å². The molecule has 0 radical (unpaired) electrons. The maximum Gasteiger partial charge on any atom is 0.347 e. The molecule has 8 nitrogen and oxygen atoms in total. The van der Waals surface area contributed by atoms with E-state index in [1.807, 2.05) is 19.2 Å². The van der Waals surface area contributed by atoms with Gasteiger partial charge in [-0.15, -0.1) is 5.10 Å². The number of likely N-dealkylation sites (N-methyl/N-ethyl adjacent to an activating group) is 1. The van der Waals surface area contributed by atoms with Crippen LogP contribution in [0.3, 0.4) is 0 Å². The van der Waals surface area contributed by atoms with Gasteiger partial charge < -0.3 is 20.1 Å². The number of ether oxygens (including phenoxy) is 1. The topological polar surface area (TPSA) is 115 Å². The van der Waals surface area contributed by atoms with Gasteiger partial charge in [0.05, 0.1) is 13.6 Å². The Morgan fingerprint density at radius 1 is 1.09 bits per heavy atom. The number of quaternary nitrogens is 1. The molecule has 34 heavy (non-hydrogen) atoms. The fourth-order valence-electron chi connectivity index (χ4n) is 4.97. The van der Waals surface area contributed by atoms with Crippen LogP contribution in [-0.4, -0.2) is 57.9 Å². The molecule has 1 aromatic heterocycles. The first-order valence-electron chi connectivity index (χ1n) is 11.3. The monoisotopic (exact) mass is 461 g/mol. The molecule has 2 heterocycles. The number of rotatable bonds is 8. The van der Waals surface area contributed by atoms with Crippen molar-refractivity contribution in [2.75, 3.05) is 20.2 Å². The summed E-state index contributed by atoms with van der Waals surface area (Å²) in [6.07, 6.45) is 3.12. The number of hydrogen-bond acceptors (Lipinski definition) is 6. The van der Waals surface area contributed by atoms with Crippen LogP contribution in [0.15, 0.2) is 79.0 Å². The maximum absolute atomic E-state index is 13.4. The number of carbonyl (C=O) groups excluding carboxylic acids is 2. The second-order valence-electron chi connectivity index (χ2n) is 8.86. The van der Waals surface area contributed by atoms with Crippen LogP contribution in [0.2, 0.25) is 0 Å².